The first-order valence-electron chi connectivity index (χ1n) is 6.16. The number of para-hydroxylation sites is 2. The molecular weight excluding hydrogens is 334 g/mol. The van der Waals surface area contributed by atoms with E-state index in [4.69, 9.17) is 19.3 Å². The average molecular weight is 350 g/mol. The van der Waals surface area contributed by atoms with Crippen LogP contribution < -0.4 is 9.47 Å². The molecule has 0 saturated carbocycles. The Morgan fingerprint density at radius 2 is 1.27 bits per heavy atom. The fourth-order valence-electron chi connectivity index (χ4n) is 1.55. The first kappa shape index (κ1) is 19.8. The Hall–Kier alpha value is -0.214. The Balaban J connectivity index is 0.00000242. The minimum atomic E-state index is -4.59. The second kappa shape index (κ2) is 9.82. The Bertz CT molecular complexity index is 547. The molecule has 0 aliphatic heterocycles. The molecule has 0 aliphatic carbocycles. The van der Waals surface area contributed by atoms with Crippen molar-refractivity contribution < 1.29 is 28.3 Å². The van der Waals surface area contributed by atoms with E-state index in [-0.39, 0.29) is 51.4 Å². The van der Waals surface area contributed by atoms with Crippen LogP contribution in [0.15, 0.2) is 60.7 Å². The Morgan fingerprint density at radius 3 is 1.64 bits per heavy atom. The summed E-state index contributed by atoms with van der Waals surface area (Å²) in [5.74, 6) is 1.01. The fourth-order valence-corrected chi connectivity index (χ4v) is 1.87. The van der Waals surface area contributed by atoms with Gasteiger partial charge in [0, 0.05) is 0 Å². The number of benzene rings is 2. The molecule has 0 saturated heterocycles. The van der Waals surface area contributed by atoms with Crippen molar-refractivity contribution in [3.05, 3.63) is 60.7 Å². The van der Waals surface area contributed by atoms with Crippen LogP contribution >= 0.6 is 7.82 Å². The normalized spacial score (nSPS) is 10.9. The van der Waals surface area contributed by atoms with Gasteiger partial charge in [0.1, 0.15) is 18.1 Å². The van der Waals surface area contributed by atoms with Crippen molar-refractivity contribution in [2.24, 2.45) is 0 Å². The van der Waals surface area contributed by atoms with E-state index < -0.39 is 20.7 Å². The monoisotopic (exact) mass is 350 g/mol. The van der Waals surface area contributed by atoms with Crippen LogP contribution in [0.1, 0.15) is 0 Å². The van der Waals surface area contributed by atoms with E-state index in [1.165, 1.54) is 0 Å². The molecule has 0 atom stereocenters. The van der Waals surface area contributed by atoms with Crippen molar-refractivity contribution in [2.75, 3.05) is 6.61 Å². The van der Waals surface area contributed by atoms with Gasteiger partial charge in [0.2, 0.25) is 0 Å². The Kier molecular flexibility index (Phi) is 8.85. The summed E-state index contributed by atoms with van der Waals surface area (Å²) < 4.78 is 26.3. The molecule has 2 aromatic carbocycles. The summed E-state index contributed by atoms with van der Waals surface area (Å²) in [7, 11) is -4.59. The number of ether oxygens (including phenoxy) is 2. The molecule has 114 valence electrons. The molecule has 0 fully saturated rings. The van der Waals surface area contributed by atoms with Gasteiger partial charge in [-0.3, -0.25) is 4.52 Å². The van der Waals surface area contributed by atoms with Crippen molar-refractivity contribution >= 4 is 59.2 Å². The Labute approximate surface area is 171 Å². The van der Waals surface area contributed by atoms with Crippen molar-refractivity contribution in [3.63, 3.8) is 0 Å². The second-order valence-corrected chi connectivity index (χ2v) is 5.32. The summed E-state index contributed by atoms with van der Waals surface area (Å²) in [5, 5.41) is 0. The van der Waals surface area contributed by atoms with E-state index in [2.05, 4.69) is 4.52 Å². The fraction of sp³-hybridized carbons (Fsp3) is 0.143. The standard InChI is InChI=1S/C14H15O6P.K.H/c15-21(16,17)18-11-14(19-12-7-3-1-4-8-12)20-13-9-5-2-6-10-13;;/h1-10,14H,11H2,(H2,15,16,17);;. The maximum absolute atomic E-state index is 10.8. The van der Waals surface area contributed by atoms with Gasteiger partial charge in [0.05, 0.1) is 0 Å². The van der Waals surface area contributed by atoms with E-state index in [0.717, 1.165) is 0 Å². The molecule has 0 unspecified atom stereocenters. The Morgan fingerprint density at radius 1 is 0.864 bits per heavy atom. The number of rotatable bonds is 7. The zero-order valence-corrected chi connectivity index (χ0v) is 11.9. The predicted molar refractivity (Wildman–Crippen MR) is 83.1 cm³/mol. The quantitative estimate of drug-likeness (QED) is 0.451. The van der Waals surface area contributed by atoms with Crippen LogP contribution in [0.5, 0.6) is 11.5 Å². The summed E-state index contributed by atoms with van der Waals surface area (Å²) in [4.78, 5) is 17.6. The number of hydrogen-bond donors (Lipinski definition) is 2. The van der Waals surface area contributed by atoms with Gasteiger partial charge < -0.3 is 19.3 Å². The molecule has 8 heteroatoms. The van der Waals surface area contributed by atoms with Gasteiger partial charge in [0.15, 0.2) is 0 Å². The third-order valence-electron chi connectivity index (χ3n) is 2.40. The van der Waals surface area contributed by atoms with E-state index in [1.807, 2.05) is 12.1 Å². The van der Waals surface area contributed by atoms with E-state index in [0.29, 0.717) is 11.5 Å². The number of phosphoric acid groups is 1. The predicted octanol–water partition coefficient (Wildman–Crippen LogP) is 1.93. The van der Waals surface area contributed by atoms with Crippen molar-refractivity contribution in [2.45, 2.75) is 6.29 Å². The molecule has 2 rings (SSSR count). The number of hydrogen-bond acceptors (Lipinski definition) is 4. The van der Waals surface area contributed by atoms with Crippen LogP contribution in [-0.2, 0) is 9.09 Å². The van der Waals surface area contributed by atoms with Crippen LogP contribution in [0.25, 0.3) is 0 Å². The van der Waals surface area contributed by atoms with Crippen molar-refractivity contribution in [1.29, 1.82) is 0 Å². The number of phosphoric ester groups is 1. The molecule has 0 bridgehead atoms. The van der Waals surface area contributed by atoms with Crippen LogP contribution in [0, 0.1) is 0 Å². The molecule has 6 nitrogen and oxygen atoms in total. The third kappa shape index (κ3) is 7.87. The van der Waals surface area contributed by atoms with Crippen LogP contribution in [0.4, 0.5) is 0 Å². The summed E-state index contributed by atoms with van der Waals surface area (Å²) >= 11 is 0. The molecule has 0 heterocycles. The minimum absolute atomic E-state index is 0. The molecule has 2 N–H and O–H groups in total. The summed E-state index contributed by atoms with van der Waals surface area (Å²) in [6.07, 6.45) is -0.984. The van der Waals surface area contributed by atoms with E-state index in [1.54, 1.807) is 48.5 Å². The van der Waals surface area contributed by atoms with Crippen LogP contribution in [0.2, 0.25) is 0 Å². The molecule has 2 aromatic rings. The topological polar surface area (TPSA) is 85.2 Å². The first-order valence-corrected chi connectivity index (χ1v) is 7.69. The first-order chi connectivity index (χ1) is 10.0. The summed E-state index contributed by atoms with van der Waals surface area (Å²) in [5.41, 5.74) is 0. The molecule has 0 radical (unpaired) electrons. The van der Waals surface area contributed by atoms with Crippen LogP contribution in [0.3, 0.4) is 0 Å². The third-order valence-corrected chi connectivity index (χ3v) is 2.89. The van der Waals surface area contributed by atoms with Gasteiger partial charge in [-0.15, -0.1) is 0 Å². The van der Waals surface area contributed by atoms with Gasteiger partial charge in [-0.25, -0.2) is 4.57 Å². The average Bonchev–Trinajstić information content (AvgIpc) is 2.46. The van der Waals surface area contributed by atoms with Gasteiger partial charge in [-0.05, 0) is 24.3 Å². The summed E-state index contributed by atoms with van der Waals surface area (Å²) in [6.45, 7) is -0.409. The SMILES string of the molecule is O=P(O)(O)OCC(Oc1ccccc1)Oc1ccccc1.[KH]. The molecule has 0 amide bonds. The van der Waals surface area contributed by atoms with Gasteiger partial charge >= 0.3 is 59.2 Å². The molecule has 22 heavy (non-hydrogen) atoms. The molecule has 0 aromatic heterocycles. The van der Waals surface area contributed by atoms with Gasteiger partial charge in [0.25, 0.3) is 6.29 Å². The molecule has 0 spiro atoms. The zero-order chi connectivity index (χ0) is 15.1. The van der Waals surface area contributed by atoms with E-state index >= 15 is 0 Å². The zero-order valence-electron chi connectivity index (χ0n) is 11.0. The molecule has 0 aliphatic rings. The van der Waals surface area contributed by atoms with Crippen LogP contribution in [-0.4, -0.2) is 74.1 Å². The van der Waals surface area contributed by atoms with Gasteiger partial charge in [-0.2, -0.15) is 0 Å². The van der Waals surface area contributed by atoms with E-state index in [9.17, 15) is 4.57 Å². The van der Waals surface area contributed by atoms with Gasteiger partial charge in [-0.1, -0.05) is 36.4 Å². The second-order valence-electron chi connectivity index (χ2n) is 4.08. The maximum atomic E-state index is 10.8. The summed E-state index contributed by atoms with van der Waals surface area (Å²) in [6, 6.07) is 17.6. The van der Waals surface area contributed by atoms with Crippen molar-refractivity contribution in [3.8, 4) is 11.5 Å². The molecular formula is C14H16KO6P. The van der Waals surface area contributed by atoms with Crippen molar-refractivity contribution in [1.82, 2.24) is 0 Å².